The van der Waals surface area contributed by atoms with Crippen LogP contribution in [-0.2, 0) is 9.59 Å². The Balaban J connectivity index is 2.28. The molecule has 0 aromatic heterocycles. The molecule has 1 atom stereocenters. The highest BCUT2D eigenvalue weighted by Gasteiger charge is 2.21. The second kappa shape index (κ2) is 9.33. The number of amides is 2. The van der Waals surface area contributed by atoms with Gasteiger partial charge in [0.05, 0.1) is 0 Å². The van der Waals surface area contributed by atoms with Crippen LogP contribution in [0.1, 0.15) is 34.8 Å². The summed E-state index contributed by atoms with van der Waals surface area (Å²) in [5, 5.41) is 14.2. The molecule has 140 valence electrons. The number of carbonyl (C=O) groups is 3. The summed E-state index contributed by atoms with van der Waals surface area (Å²) >= 11 is 0. The Hall–Kier alpha value is -3.41. The minimum atomic E-state index is -1.13. The molecule has 2 aromatic rings. The molecule has 0 bridgehead atoms. The number of carbonyl (C=O) groups excluding carboxylic acids is 2. The maximum Gasteiger partial charge on any atom is 0.326 e. The van der Waals surface area contributed by atoms with Gasteiger partial charge in [0.25, 0.3) is 11.8 Å². The third-order valence-corrected chi connectivity index (χ3v) is 3.93. The van der Waals surface area contributed by atoms with E-state index in [1.165, 1.54) is 6.08 Å². The van der Waals surface area contributed by atoms with Gasteiger partial charge in [-0.25, -0.2) is 4.79 Å². The summed E-state index contributed by atoms with van der Waals surface area (Å²) in [7, 11) is 0. The van der Waals surface area contributed by atoms with E-state index in [9.17, 15) is 14.4 Å². The zero-order valence-corrected chi connectivity index (χ0v) is 15.2. The highest BCUT2D eigenvalue weighted by atomic mass is 16.4. The molecule has 27 heavy (non-hydrogen) atoms. The molecule has 0 saturated carbocycles. The molecule has 0 spiro atoms. The molecule has 2 aromatic carbocycles. The lowest BCUT2D eigenvalue weighted by molar-refractivity contribution is -0.141. The van der Waals surface area contributed by atoms with Crippen molar-refractivity contribution in [1.29, 1.82) is 0 Å². The van der Waals surface area contributed by atoms with Gasteiger partial charge in [0.2, 0.25) is 0 Å². The minimum Gasteiger partial charge on any atom is -0.480 e. The zero-order chi connectivity index (χ0) is 19.8. The molecule has 3 N–H and O–H groups in total. The van der Waals surface area contributed by atoms with Crippen molar-refractivity contribution in [2.24, 2.45) is 0 Å². The number of aliphatic carboxylic acids is 1. The van der Waals surface area contributed by atoms with Crippen LogP contribution in [-0.4, -0.2) is 28.9 Å². The number of rotatable bonds is 7. The first-order valence-corrected chi connectivity index (χ1v) is 8.59. The molecule has 6 heteroatoms. The fourth-order valence-corrected chi connectivity index (χ4v) is 2.35. The van der Waals surface area contributed by atoms with Crippen LogP contribution in [0.15, 0.2) is 60.3 Å². The van der Waals surface area contributed by atoms with Crippen LogP contribution in [0.4, 0.5) is 0 Å². The highest BCUT2D eigenvalue weighted by Crippen LogP contribution is 2.09. The molecule has 0 aliphatic heterocycles. The Labute approximate surface area is 157 Å². The van der Waals surface area contributed by atoms with Gasteiger partial charge in [0.15, 0.2) is 0 Å². The normalized spacial score (nSPS) is 12.1. The van der Waals surface area contributed by atoms with Gasteiger partial charge in [-0.1, -0.05) is 55.0 Å². The number of benzene rings is 2. The largest absolute Gasteiger partial charge is 0.480 e. The number of nitrogens with one attached hydrogen (secondary N) is 2. The quantitative estimate of drug-likeness (QED) is 0.657. The second-order valence-electron chi connectivity index (χ2n) is 6.06. The van der Waals surface area contributed by atoms with Crippen molar-refractivity contribution in [3.63, 3.8) is 0 Å². The monoisotopic (exact) mass is 366 g/mol. The number of hydrogen-bond acceptors (Lipinski definition) is 3. The van der Waals surface area contributed by atoms with Crippen LogP contribution in [0.2, 0.25) is 0 Å². The van der Waals surface area contributed by atoms with Gasteiger partial charge in [-0.2, -0.15) is 0 Å². The van der Waals surface area contributed by atoms with Crippen LogP contribution in [0, 0.1) is 6.92 Å². The van der Waals surface area contributed by atoms with E-state index in [2.05, 4.69) is 10.6 Å². The van der Waals surface area contributed by atoms with E-state index in [4.69, 9.17) is 5.11 Å². The van der Waals surface area contributed by atoms with Gasteiger partial charge in [-0.15, -0.1) is 0 Å². The molecular weight excluding hydrogens is 344 g/mol. The summed E-state index contributed by atoms with van der Waals surface area (Å²) in [6.45, 7) is 3.57. The first kappa shape index (κ1) is 19.9. The van der Waals surface area contributed by atoms with Gasteiger partial charge in [-0.3, -0.25) is 9.59 Å². The molecule has 0 aliphatic rings. The predicted octanol–water partition coefficient (Wildman–Crippen LogP) is 2.75. The van der Waals surface area contributed by atoms with Crippen molar-refractivity contribution in [3.05, 3.63) is 77.0 Å². The molecule has 6 nitrogen and oxygen atoms in total. The van der Waals surface area contributed by atoms with Crippen LogP contribution < -0.4 is 10.6 Å². The van der Waals surface area contributed by atoms with E-state index >= 15 is 0 Å². The van der Waals surface area contributed by atoms with Crippen LogP contribution >= 0.6 is 0 Å². The van der Waals surface area contributed by atoms with E-state index in [-0.39, 0.29) is 12.1 Å². The van der Waals surface area contributed by atoms with Gasteiger partial charge >= 0.3 is 5.97 Å². The van der Waals surface area contributed by atoms with E-state index in [1.807, 2.05) is 13.0 Å². The third kappa shape index (κ3) is 5.81. The number of aryl methyl sites for hydroxylation is 1. The Morgan fingerprint density at radius 2 is 1.67 bits per heavy atom. The van der Waals surface area contributed by atoms with Crippen LogP contribution in [0.5, 0.6) is 0 Å². The Morgan fingerprint density at radius 1 is 1.04 bits per heavy atom. The first-order chi connectivity index (χ1) is 12.9. The maximum absolute atomic E-state index is 12.6. The van der Waals surface area contributed by atoms with Crippen molar-refractivity contribution >= 4 is 23.9 Å². The molecular formula is C21H22N2O4. The Bertz CT molecular complexity index is 842. The van der Waals surface area contributed by atoms with Crippen molar-refractivity contribution < 1.29 is 19.5 Å². The molecule has 0 radical (unpaired) electrons. The van der Waals surface area contributed by atoms with Crippen molar-refractivity contribution in [2.75, 3.05) is 0 Å². The smallest absolute Gasteiger partial charge is 0.326 e. The van der Waals surface area contributed by atoms with E-state index in [1.54, 1.807) is 55.5 Å². The van der Waals surface area contributed by atoms with Gasteiger partial charge in [0.1, 0.15) is 11.7 Å². The summed E-state index contributed by atoms with van der Waals surface area (Å²) in [4.78, 5) is 36.3. The number of carboxylic acids is 1. The van der Waals surface area contributed by atoms with E-state index < -0.39 is 23.8 Å². The number of carboxylic acid groups (broad SMARTS) is 1. The van der Waals surface area contributed by atoms with Gasteiger partial charge < -0.3 is 15.7 Å². The lowest BCUT2D eigenvalue weighted by Gasteiger charge is -2.15. The summed E-state index contributed by atoms with van der Waals surface area (Å²) in [6, 6.07) is 14.9. The fourth-order valence-electron chi connectivity index (χ4n) is 2.35. The Morgan fingerprint density at radius 3 is 2.22 bits per heavy atom. The minimum absolute atomic E-state index is 0.0218. The van der Waals surface area contributed by atoms with Crippen LogP contribution in [0.3, 0.4) is 0 Å². The van der Waals surface area contributed by atoms with Crippen molar-refractivity contribution in [2.45, 2.75) is 26.3 Å². The van der Waals surface area contributed by atoms with E-state index in [0.29, 0.717) is 11.1 Å². The molecule has 0 heterocycles. The summed E-state index contributed by atoms with van der Waals surface area (Å²) < 4.78 is 0. The fraction of sp³-hybridized carbons (Fsp3) is 0.190. The van der Waals surface area contributed by atoms with Crippen molar-refractivity contribution in [3.8, 4) is 0 Å². The second-order valence-corrected chi connectivity index (χ2v) is 6.06. The average molecular weight is 366 g/mol. The molecule has 0 aliphatic carbocycles. The zero-order valence-electron chi connectivity index (χ0n) is 15.2. The standard InChI is InChI=1S/C21H22N2O4/c1-3-17(21(26)27)22-20(25)18(13-15-7-5-4-6-8-15)23-19(24)16-11-9-14(2)10-12-16/h4-13,17H,3H2,1-2H3,(H,22,25)(H,23,24)(H,26,27)/b18-13+/t17-/m1/s1. The topological polar surface area (TPSA) is 95.5 Å². The van der Waals surface area contributed by atoms with Crippen LogP contribution in [0.25, 0.3) is 6.08 Å². The number of hydrogen-bond donors (Lipinski definition) is 3. The molecule has 0 saturated heterocycles. The summed E-state index contributed by atoms with van der Waals surface area (Å²) in [6.07, 6.45) is 1.74. The maximum atomic E-state index is 12.6. The van der Waals surface area contributed by atoms with Crippen molar-refractivity contribution in [1.82, 2.24) is 10.6 Å². The molecule has 0 unspecified atom stereocenters. The molecule has 2 amide bonds. The van der Waals surface area contributed by atoms with E-state index in [0.717, 1.165) is 5.56 Å². The first-order valence-electron chi connectivity index (χ1n) is 8.59. The lowest BCUT2D eigenvalue weighted by Crippen LogP contribution is -2.44. The SMILES string of the molecule is CC[C@@H](NC(=O)/C(=C\c1ccccc1)NC(=O)c1ccc(C)cc1)C(=O)O. The lowest BCUT2D eigenvalue weighted by atomic mass is 10.1. The van der Waals surface area contributed by atoms with Gasteiger partial charge in [-0.05, 0) is 37.1 Å². The molecule has 2 rings (SSSR count). The Kier molecular flexibility index (Phi) is 6.88. The molecule has 0 fully saturated rings. The summed E-state index contributed by atoms with van der Waals surface area (Å²) in [5.74, 6) is -2.24. The predicted molar refractivity (Wildman–Crippen MR) is 103 cm³/mol. The average Bonchev–Trinajstić information content (AvgIpc) is 2.66. The third-order valence-electron chi connectivity index (χ3n) is 3.93. The highest BCUT2D eigenvalue weighted by molar-refractivity contribution is 6.06. The van der Waals surface area contributed by atoms with Gasteiger partial charge in [0, 0.05) is 5.56 Å². The summed E-state index contributed by atoms with van der Waals surface area (Å²) in [5.41, 5.74) is 2.09.